The monoisotopic (exact) mass is 319 g/mol. The van der Waals surface area contributed by atoms with E-state index in [-0.39, 0.29) is 16.8 Å². The van der Waals surface area contributed by atoms with E-state index in [0.717, 1.165) is 12.3 Å². The first-order valence-electron chi connectivity index (χ1n) is 7.07. The molecule has 2 heterocycles. The predicted molar refractivity (Wildman–Crippen MR) is 85.9 cm³/mol. The Morgan fingerprint density at radius 3 is 3.14 bits per heavy atom. The number of H-pyrrole nitrogens is 1. The summed E-state index contributed by atoms with van der Waals surface area (Å²) in [7, 11) is 1.41. The molecule has 0 radical (unpaired) electrons. The van der Waals surface area contributed by atoms with Crippen LogP contribution in [0.15, 0.2) is 29.1 Å². The number of aromatic amines is 1. The number of thioether (sulfide) groups is 1. The minimum Gasteiger partial charge on any atom is -0.468 e. The van der Waals surface area contributed by atoms with Crippen molar-refractivity contribution in [3.63, 3.8) is 0 Å². The predicted octanol–water partition coefficient (Wildman–Crippen LogP) is 1.01. The molecule has 1 saturated heterocycles. The molecule has 0 amide bonds. The largest absolute Gasteiger partial charge is 0.468 e. The first-order chi connectivity index (χ1) is 10.7. The average molecular weight is 319 g/mol. The highest BCUT2D eigenvalue weighted by Gasteiger charge is 2.27. The lowest BCUT2D eigenvalue weighted by Crippen LogP contribution is -2.41. The molecule has 2 aromatic rings. The van der Waals surface area contributed by atoms with Gasteiger partial charge >= 0.3 is 5.97 Å². The van der Waals surface area contributed by atoms with Gasteiger partial charge in [0.25, 0.3) is 5.56 Å². The van der Waals surface area contributed by atoms with Crippen molar-refractivity contribution < 1.29 is 9.53 Å². The van der Waals surface area contributed by atoms with Gasteiger partial charge in [-0.1, -0.05) is 12.1 Å². The molecule has 116 valence electrons. The number of carbonyl (C=O) groups excluding carboxylic acids is 1. The summed E-state index contributed by atoms with van der Waals surface area (Å²) < 4.78 is 4.81. The quantitative estimate of drug-likeness (QED) is 0.851. The molecule has 0 aliphatic carbocycles. The zero-order chi connectivity index (χ0) is 15.5. The Kier molecular flexibility index (Phi) is 4.44. The van der Waals surface area contributed by atoms with Crippen LogP contribution in [0.5, 0.6) is 0 Å². The van der Waals surface area contributed by atoms with Gasteiger partial charge in [-0.3, -0.25) is 14.5 Å². The van der Waals surface area contributed by atoms with Crippen molar-refractivity contribution in [3.05, 3.63) is 40.4 Å². The van der Waals surface area contributed by atoms with Crippen LogP contribution in [0.2, 0.25) is 0 Å². The van der Waals surface area contributed by atoms with Crippen molar-refractivity contribution >= 4 is 28.6 Å². The fourth-order valence-corrected chi connectivity index (χ4v) is 3.74. The van der Waals surface area contributed by atoms with E-state index >= 15 is 0 Å². The molecule has 1 N–H and O–H groups in total. The fourth-order valence-electron chi connectivity index (χ4n) is 2.54. The Labute approximate surface area is 131 Å². The number of rotatable bonds is 3. The number of carbonyl (C=O) groups is 1. The number of nitrogens with zero attached hydrogens (tertiary/aromatic N) is 2. The third-order valence-electron chi connectivity index (χ3n) is 3.65. The van der Waals surface area contributed by atoms with E-state index in [9.17, 15) is 9.59 Å². The van der Waals surface area contributed by atoms with Gasteiger partial charge in [0.15, 0.2) is 0 Å². The van der Waals surface area contributed by atoms with Crippen LogP contribution in [0.25, 0.3) is 10.9 Å². The van der Waals surface area contributed by atoms with Crippen molar-refractivity contribution in [3.8, 4) is 0 Å². The van der Waals surface area contributed by atoms with E-state index in [1.165, 1.54) is 7.11 Å². The molecule has 1 aliphatic heterocycles. The number of methoxy groups -OCH3 is 1. The number of para-hydroxylation sites is 1. The zero-order valence-electron chi connectivity index (χ0n) is 12.2. The Morgan fingerprint density at radius 2 is 2.32 bits per heavy atom. The van der Waals surface area contributed by atoms with E-state index in [1.807, 2.05) is 18.2 Å². The standard InChI is InChI=1S/C15H17N3O3S/c1-21-15(20)12-8-18(6-7-22-12)9-13-16-11-5-3-2-4-10(11)14(19)17-13/h2-5,12H,6-9H2,1H3,(H,16,17,19)/t12-/m1/s1. The topological polar surface area (TPSA) is 75.3 Å². The summed E-state index contributed by atoms with van der Waals surface area (Å²) in [5.74, 6) is 1.28. The van der Waals surface area contributed by atoms with Crippen molar-refractivity contribution in [1.29, 1.82) is 0 Å². The molecule has 1 aromatic heterocycles. The number of ether oxygens (including phenoxy) is 1. The molecule has 0 saturated carbocycles. The van der Waals surface area contributed by atoms with Gasteiger partial charge in [-0.05, 0) is 12.1 Å². The molecule has 1 fully saturated rings. The van der Waals surface area contributed by atoms with Crippen LogP contribution in [0, 0.1) is 0 Å². The van der Waals surface area contributed by atoms with Gasteiger partial charge in [0, 0.05) is 18.8 Å². The number of hydrogen-bond acceptors (Lipinski definition) is 6. The highest BCUT2D eigenvalue weighted by atomic mass is 32.2. The summed E-state index contributed by atoms with van der Waals surface area (Å²) in [6, 6.07) is 7.28. The molecule has 3 rings (SSSR count). The first kappa shape index (κ1) is 15.1. The summed E-state index contributed by atoms with van der Waals surface area (Å²) in [5, 5.41) is 0.416. The molecule has 0 bridgehead atoms. The van der Waals surface area contributed by atoms with Crippen molar-refractivity contribution in [1.82, 2.24) is 14.9 Å². The third-order valence-corrected chi connectivity index (χ3v) is 4.81. The van der Waals surface area contributed by atoms with E-state index in [2.05, 4.69) is 14.9 Å². The van der Waals surface area contributed by atoms with Crippen LogP contribution >= 0.6 is 11.8 Å². The van der Waals surface area contributed by atoms with Gasteiger partial charge in [-0.15, -0.1) is 11.8 Å². The first-order valence-corrected chi connectivity index (χ1v) is 8.12. The van der Waals surface area contributed by atoms with Crippen LogP contribution in [0.4, 0.5) is 0 Å². The van der Waals surface area contributed by atoms with Gasteiger partial charge < -0.3 is 9.72 Å². The van der Waals surface area contributed by atoms with Crippen LogP contribution < -0.4 is 5.56 Å². The Balaban J connectivity index is 1.78. The Bertz CT molecular complexity index is 746. The smallest absolute Gasteiger partial charge is 0.320 e. The minimum absolute atomic E-state index is 0.128. The molecule has 1 aromatic carbocycles. The maximum absolute atomic E-state index is 12.1. The second-order valence-corrected chi connectivity index (χ2v) is 6.46. The molecule has 6 nitrogen and oxygen atoms in total. The molecule has 22 heavy (non-hydrogen) atoms. The van der Waals surface area contributed by atoms with E-state index in [4.69, 9.17) is 4.74 Å². The van der Waals surface area contributed by atoms with Crippen molar-refractivity contribution in [2.24, 2.45) is 0 Å². The summed E-state index contributed by atoms with van der Waals surface area (Å²) in [6.45, 7) is 1.98. The SMILES string of the molecule is COC(=O)[C@H]1CN(Cc2nc3ccccc3c(=O)[nH]2)CCS1. The maximum Gasteiger partial charge on any atom is 0.320 e. The maximum atomic E-state index is 12.1. The second kappa shape index (κ2) is 6.50. The molecule has 0 spiro atoms. The average Bonchev–Trinajstić information content (AvgIpc) is 2.54. The van der Waals surface area contributed by atoms with Gasteiger partial charge in [0.2, 0.25) is 0 Å². The van der Waals surface area contributed by atoms with Gasteiger partial charge in [0.1, 0.15) is 11.1 Å². The summed E-state index contributed by atoms with van der Waals surface area (Å²) in [5.41, 5.74) is 0.564. The zero-order valence-corrected chi connectivity index (χ0v) is 13.1. The number of esters is 1. The van der Waals surface area contributed by atoms with Crippen LogP contribution in [-0.4, -0.2) is 52.0 Å². The number of fused-ring (bicyclic) bond motifs is 1. The third kappa shape index (κ3) is 3.15. The molecule has 0 unspecified atom stereocenters. The number of hydrogen-bond donors (Lipinski definition) is 1. The fraction of sp³-hybridized carbons (Fsp3) is 0.400. The van der Waals surface area contributed by atoms with E-state index in [1.54, 1.807) is 17.8 Å². The summed E-state index contributed by atoms with van der Waals surface area (Å²) >= 11 is 1.61. The van der Waals surface area contributed by atoms with E-state index < -0.39 is 0 Å². The highest BCUT2D eigenvalue weighted by Crippen LogP contribution is 2.20. The number of nitrogens with one attached hydrogen (secondary N) is 1. The van der Waals surface area contributed by atoms with Crippen molar-refractivity contribution in [2.75, 3.05) is 26.0 Å². The molecular weight excluding hydrogens is 302 g/mol. The Hall–Kier alpha value is -1.86. The van der Waals surface area contributed by atoms with Crippen LogP contribution in [0.3, 0.4) is 0 Å². The van der Waals surface area contributed by atoms with Gasteiger partial charge in [0.05, 0.1) is 24.6 Å². The summed E-state index contributed by atoms with van der Waals surface area (Å²) in [6.07, 6.45) is 0. The van der Waals surface area contributed by atoms with Crippen molar-refractivity contribution in [2.45, 2.75) is 11.8 Å². The molecule has 1 aliphatic rings. The number of aromatic nitrogens is 2. The van der Waals surface area contributed by atoms with E-state index in [0.29, 0.717) is 29.8 Å². The van der Waals surface area contributed by atoms with Crippen LogP contribution in [0.1, 0.15) is 5.82 Å². The van der Waals surface area contributed by atoms with Gasteiger partial charge in [-0.2, -0.15) is 0 Å². The lowest BCUT2D eigenvalue weighted by Gasteiger charge is -2.30. The normalized spacial score (nSPS) is 19.2. The molecular formula is C15H17N3O3S. The molecule has 1 atom stereocenters. The second-order valence-electron chi connectivity index (χ2n) is 5.15. The Morgan fingerprint density at radius 1 is 1.50 bits per heavy atom. The minimum atomic E-state index is -0.199. The lowest BCUT2D eigenvalue weighted by molar-refractivity contribution is -0.140. The lowest BCUT2D eigenvalue weighted by atomic mass is 10.2. The number of benzene rings is 1. The highest BCUT2D eigenvalue weighted by molar-refractivity contribution is 8.00. The van der Waals surface area contributed by atoms with Gasteiger partial charge in [-0.25, -0.2) is 4.98 Å². The summed E-state index contributed by atoms with van der Waals surface area (Å²) in [4.78, 5) is 33.2. The molecule has 7 heteroatoms. The van der Waals surface area contributed by atoms with Crippen LogP contribution in [-0.2, 0) is 16.1 Å².